The van der Waals surface area contributed by atoms with Crippen LogP contribution in [0.2, 0.25) is 0 Å². The summed E-state index contributed by atoms with van der Waals surface area (Å²) in [6.07, 6.45) is 18.5. The Bertz CT molecular complexity index is 3410. The molecular formula is C70H64N2O4. The van der Waals surface area contributed by atoms with Crippen LogP contribution in [0.5, 0.6) is 0 Å². The van der Waals surface area contributed by atoms with Crippen molar-refractivity contribution in [2.75, 3.05) is 9.80 Å². The Kier molecular flexibility index (Phi) is 12.2. The molecule has 4 unspecified atom stereocenters. The molecule has 7 aromatic carbocycles. The molecular weight excluding hydrogens is 933 g/mol. The molecule has 6 nitrogen and oxygen atoms in total. The molecule has 0 saturated heterocycles. The fourth-order valence-corrected chi connectivity index (χ4v) is 15.0. The minimum Gasteiger partial charge on any atom is -0.268 e. The zero-order valence-electron chi connectivity index (χ0n) is 44.3. The Labute approximate surface area is 447 Å². The first kappa shape index (κ1) is 48.1. The summed E-state index contributed by atoms with van der Waals surface area (Å²) in [6.45, 7) is 8.31. The van der Waals surface area contributed by atoms with Crippen molar-refractivity contribution >= 4 is 56.5 Å². The number of anilines is 2. The molecule has 0 spiro atoms. The smallest absolute Gasteiger partial charge is 0.265 e. The standard InChI is InChI=1S/C70H64N2O4/c1-41-42(2)58(36-28-50-30-38-64-66-60(50)16-10-18-62(66)68(74)72(70(64)76)56-33-25-48(26-34-56)54-22-20-52(40-54)46-13-7-8-14-46)44(4)43(3)57(41)35-27-49-29-37-63-65-59(49)15-9-17-61(65)67(73)71(69(63)75)55-31-23-47(24-32-55)53-21-19-51(39-53)45-11-5-6-12-45/h9-10,15-18,23-26,29-34,37-38,45-46,51-54H,5-8,11-14,19-22,39-40H2,1-4H3. The largest absolute Gasteiger partial charge is 0.268 e. The first-order valence-electron chi connectivity index (χ1n) is 28.3. The molecule has 0 aromatic heterocycles. The Morgan fingerprint density at radius 2 is 0.724 bits per heavy atom. The number of rotatable bonds is 6. The highest BCUT2D eigenvalue weighted by Crippen LogP contribution is 2.48. The minimum absolute atomic E-state index is 0.318. The zero-order valence-corrected chi connectivity index (χ0v) is 44.3. The van der Waals surface area contributed by atoms with Crippen LogP contribution in [0.3, 0.4) is 0 Å². The molecule has 0 bridgehead atoms. The first-order valence-corrected chi connectivity index (χ1v) is 28.3. The predicted molar refractivity (Wildman–Crippen MR) is 304 cm³/mol. The SMILES string of the molecule is Cc1c(C)c(C#Cc2ccc3c4c(cccc24)C(=O)N(c2ccc(C4CCC(C5CCCC5)C4)cc2)C3=O)c(C)c(C)c1C#Cc1ccc2c3c(cccc13)C(=O)N(c1ccc(C3CCC(C4CCCC4)C3)cc1)C2=O. The molecule has 6 heteroatoms. The molecule has 0 radical (unpaired) electrons. The van der Waals surface area contributed by atoms with Crippen LogP contribution >= 0.6 is 0 Å². The van der Waals surface area contributed by atoms with Crippen molar-refractivity contribution in [3.63, 3.8) is 0 Å². The van der Waals surface area contributed by atoms with Crippen LogP contribution < -0.4 is 9.80 Å². The van der Waals surface area contributed by atoms with Crippen molar-refractivity contribution in [2.24, 2.45) is 23.7 Å². The summed E-state index contributed by atoms with van der Waals surface area (Å²) in [5, 5.41) is 2.85. The Hall–Kier alpha value is -7.54. The third-order valence-corrected chi connectivity index (χ3v) is 19.4. The van der Waals surface area contributed by atoms with E-state index >= 15 is 0 Å². The Morgan fingerprint density at radius 1 is 0.368 bits per heavy atom. The van der Waals surface area contributed by atoms with Crippen LogP contribution in [-0.4, -0.2) is 23.6 Å². The lowest BCUT2D eigenvalue weighted by Crippen LogP contribution is -2.40. The molecule has 76 heavy (non-hydrogen) atoms. The summed E-state index contributed by atoms with van der Waals surface area (Å²) < 4.78 is 0. The van der Waals surface area contributed by atoms with Gasteiger partial charge < -0.3 is 0 Å². The summed E-state index contributed by atoms with van der Waals surface area (Å²) in [4.78, 5) is 59.8. The predicted octanol–water partition coefficient (Wildman–Crippen LogP) is 15.8. The quantitative estimate of drug-likeness (QED) is 0.123. The molecule has 4 amide bonds. The van der Waals surface area contributed by atoms with Gasteiger partial charge in [0.15, 0.2) is 0 Å². The average molecular weight is 997 g/mol. The van der Waals surface area contributed by atoms with Crippen molar-refractivity contribution in [1.82, 2.24) is 0 Å². The molecule has 4 saturated carbocycles. The van der Waals surface area contributed by atoms with E-state index in [0.29, 0.717) is 56.2 Å². The van der Waals surface area contributed by atoms with E-state index in [1.165, 1.54) is 111 Å². The van der Waals surface area contributed by atoms with Crippen molar-refractivity contribution in [1.29, 1.82) is 0 Å². The lowest BCUT2D eigenvalue weighted by molar-refractivity contribution is 0.0877. The summed E-state index contributed by atoms with van der Waals surface area (Å²) in [7, 11) is 0. The van der Waals surface area contributed by atoms with Crippen LogP contribution in [0.4, 0.5) is 11.4 Å². The van der Waals surface area contributed by atoms with Gasteiger partial charge in [-0.3, -0.25) is 19.2 Å². The molecule has 2 heterocycles. The molecule has 7 aromatic rings. The van der Waals surface area contributed by atoms with Gasteiger partial charge >= 0.3 is 0 Å². The van der Waals surface area contributed by atoms with Crippen LogP contribution in [0, 0.1) is 75.0 Å². The second-order valence-corrected chi connectivity index (χ2v) is 23.2. The number of nitrogens with zero attached hydrogens (tertiary/aromatic N) is 2. The van der Waals surface area contributed by atoms with Gasteiger partial charge in [0, 0.05) is 55.3 Å². The molecule has 6 aliphatic rings. The van der Waals surface area contributed by atoms with Crippen molar-refractivity contribution < 1.29 is 19.2 Å². The van der Waals surface area contributed by atoms with E-state index in [-0.39, 0.29) is 23.6 Å². The maximum Gasteiger partial charge on any atom is 0.265 e. The second-order valence-electron chi connectivity index (χ2n) is 23.2. The maximum absolute atomic E-state index is 14.3. The van der Waals surface area contributed by atoms with E-state index in [4.69, 9.17) is 0 Å². The number of hydrogen-bond acceptors (Lipinski definition) is 4. The lowest BCUT2D eigenvalue weighted by Gasteiger charge is -2.28. The molecule has 4 fully saturated rings. The van der Waals surface area contributed by atoms with Gasteiger partial charge in [-0.15, -0.1) is 0 Å². The monoisotopic (exact) mass is 996 g/mol. The topological polar surface area (TPSA) is 74.8 Å². The molecule has 378 valence electrons. The number of amides is 4. The number of imide groups is 2. The molecule has 13 rings (SSSR count). The van der Waals surface area contributed by atoms with Gasteiger partial charge in [0.05, 0.1) is 11.4 Å². The normalized spacial score (nSPS) is 21.5. The van der Waals surface area contributed by atoms with Crippen LogP contribution in [-0.2, 0) is 0 Å². The van der Waals surface area contributed by atoms with E-state index < -0.39 is 0 Å². The Morgan fingerprint density at radius 3 is 1.09 bits per heavy atom. The van der Waals surface area contributed by atoms with E-state index in [0.717, 1.165) is 79.0 Å². The van der Waals surface area contributed by atoms with Gasteiger partial charge in [-0.25, -0.2) is 9.80 Å². The van der Waals surface area contributed by atoms with Gasteiger partial charge in [-0.05, 0) is 207 Å². The number of hydrogen-bond donors (Lipinski definition) is 0. The lowest BCUT2D eigenvalue weighted by atomic mass is 9.87. The number of carbonyl (C=O) groups excluding carboxylic acids is 4. The summed E-state index contributed by atoms with van der Waals surface area (Å²) in [5.41, 5.74) is 13.2. The van der Waals surface area contributed by atoms with Gasteiger partial charge in [0.25, 0.3) is 23.6 Å². The fraction of sp³-hybridized carbons (Fsp3) is 0.343. The molecule has 4 atom stereocenters. The van der Waals surface area contributed by atoms with E-state index in [1.54, 1.807) is 0 Å². The van der Waals surface area contributed by atoms with Crippen LogP contribution in [0.25, 0.3) is 21.5 Å². The Balaban J connectivity index is 0.743. The van der Waals surface area contributed by atoms with Crippen molar-refractivity contribution in [3.8, 4) is 23.7 Å². The molecule has 4 aliphatic carbocycles. The van der Waals surface area contributed by atoms with Crippen molar-refractivity contribution in [3.05, 3.63) is 187 Å². The summed E-state index contributed by atoms with van der Waals surface area (Å²) in [5.74, 6) is 17.1. The van der Waals surface area contributed by atoms with E-state index in [9.17, 15) is 19.2 Å². The molecule has 0 N–H and O–H groups in total. The van der Waals surface area contributed by atoms with E-state index in [2.05, 4.69) is 75.6 Å². The zero-order chi connectivity index (χ0) is 51.9. The number of benzene rings is 7. The highest BCUT2D eigenvalue weighted by molar-refractivity contribution is 6.37. The number of carbonyl (C=O) groups is 4. The third kappa shape index (κ3) is 8.02. The van der Waals surface area contributed by atoms with Gasteiger partial charge in [-0.1, -0.05) is 124 Å². The highest BCUT2D eigenvalue weighted by Gasteiger charge is 2.38. The average Bonchev–Trinajstić information content (AvgIpc) is 4.33. The summed E-state index contributed by atoms with van der Waals surface area (Å²) >= 11 is 0. The van der Waals surface area contributed by atoms with E-state index in [1.807, 2.05) is 84.9 Å². The second kappa shape index (κ2) is 19.2. The third-order valence-electron chi connectivity index (χ3n) is 19.4. The maximum atomic E-state index is 14.3. The van der Waals surface area contributed by atoms with Gasteiger partial charge in [0.2, 0.25) is 0 Å². The molecule has 2 aliphatic heterocycles. The van der Waals surface area contributed by atoms with Gasteiger partial charge in [0.1, 0.15) is 0 Å². The fourth-order valence-electron chi connectivity index (χ4n) is 15.0. The first-order chi connectivity index (χ1) is 37.0. The summed E-state index contributed by atoms with van der Waals surface area (Å²) in [6, 6.07) is 35.1. The van der Waals surface area contributed by atoms with Gasteiger partial charge in [-0.2, -0.15) is 0 Å². The van der Waals surface area contributed by atoms with Crippen LogP contribution in [0.1, 0.15) is 199 Å². The van der Waals surface area contributed by atoms with Crippen molar-refractivity contribution in [2.45, 2.75) is 129 Å². The minimum atomic E-state index is -0.318. The van der Waals surface area contributed by atoms with Crippen LogP contribution in [0.15, 0.2) is 109 Å². The highest BCUT2D eigenvalue weighted by atomic mass is 16.2.